The predicted molar refractivity (Wildman–Crippen MR) is 52.0 cm³/mol. The Morgan fingerprint density at radius 3 is 2.00 bits per heavy atom. The number of allylic oxidation sites excluding steroid dienone is 1. The van der Waals surface area contributed by atoms with Crippen molar-refractivity contribution in [3.05, 3.63) is 12.1 Å². The molecule has 0 heterocycles. The molecule has 0 fully saturated rings. The molecule has 1 N–H and O–H groups in total. The molecule has 0 aromatic heterocycles. The van der Waals surface area contributed by atoms with Gasteiger partial charge in [-0.05, 0) is 27.7 Å². The molecule has 0 saturated heterocycles. The van der Waals surface area contributed by atoms with Crippen LogP contribution in [0, 0.1) is 0 Å². The Kier molecular flexibility index (Phi) is 3.54. The van der Waals surface area contributed by atoms with E-state index in [0.717, 1.165) is 5.47 Å². The van der Waals surface area contributed by atoms with E-state index in [1.807, 2.05) is 20.8 Å². The van der Waals surface area contributed by atoms with Crippen molar-refractivity contribution in [3.8, 4) is 0 Å². The highest BCUT2D eigenvalue weighted by atomic mass is 16.5. The number of aliphatic hydroxyl groups is 1. The monoisotopic (exact) mass is 169 g/mol. The van der Waals surface area contributed by atoms with Crippen LogP contribution in [0.3, 0.4) is 0 Å². The van der Waals surface area contributed by atoms with Gasteiger partial charge in [0.2, 0.25) is 0 Å². The summed E-state index contributed by atoms with van der Waals surface area (Å²) in [4.78, 5) is 0. The molecular weight excluding hydrogens is 151 g/mol. The summed E-state index contributed by atoms with van der Waals surface area (Å²) in [6.07, 6.45) is 0. The van der Waals surface area contributed by atoms with Crippen molar-refractivity contribution in [2.75, 3.05) is 0 Å². The lowest BCUT2D eigenvalue weighted by molar-refractivity contribution is -0.0896. The molecule has 0 atom stereocenters. The van der Waals surface area contributed by atoms with Crippen molar-refractivity contribution in [3.63, 3.8) is 0 Å². The Morgan fingerprint density at radius 1 is 1.33 bits per heavy atom. The average molecular weight is 169 g/mol. The summed E-state index contributed by atoms with van der Waals surface area (Å²) >= 11 is 0. The Bertz CT molecular complexity index is 168. The van der Waals surface area contributed by atoms with Crippen LogP contribution in [-0.2, 0) is 4.65 Å². The highest BCUT2D eigenvalue weighted by Gasteiger charge is 2.35. The van der Waals surface area contributed by atoms with Gasteiger partial charge in [0.15, 0.2) is 0 Å². The van der Waals surface area contributed by atoms with E-state index in [2.05, 4.69) is 6.58 Å². The van der Waals surface area contributed by atoms with Gasteiger partial charge in [-0.15, -0.1) is 6.58 Å². The first-order valence-electron chi connectivity index (χ1n) is 4.06. The number of rotatable bonds is 4. The molecule has 0 aliphatic rings. The standard InChI is InChI=1S/C9H18BO2/c1-7(2)10-12-9(5,6)8(3,4)11/h11H,1H2,2-6H3. The molecule has 0 amide bonds. The van der Waals surface area contributed by atoms with E-state index < -0.39 is 11.2 Å². The summed E-state index contributed by atoms with van der Waals surface area (Å²) in [6.45, 7) is 12.6. The molecule has 2 nitrogen and oxygen atoms in total. The Hall–Kier alpha value is -0.275. The lowest BCUT2D eigenvalue weighted by Gasteiger charge is -2.37. The fraction of sp³-hybridized carbons (Fsp3) is 0.778. The Labute approximate surface area is 75.9 Å². The van der Waals surface area contributed by atoms with Gasteiger partial charge in [0, 0.05) is 0 Å². The van der Waals surface area contributed by atoms with Crippen LogP contribution in [0.5, 0.6) is 0 Å². The molecule has 0 aliphatic carbocycles. The van der Waals surface area contributed by atoms with E-state index in [-0.39, 0.29) is 0 Å². The van der Waals surface area contributed by atoms with Gasteiger partial charge in [-0.2, -0.15) is 0 Å². The quantitative estimate of drug-likeness (QED) is 0.649. The summed E-state index contributed by atoms with van der Waals surface area (Å²) in [5, 5.41) is 9.68. The van der Waals surface area contributed by atoms with Crippen molar-refractivity contribution in [2.24, 2.45) is 0 Å². The van der Waals surface area contributed by atoms with Crippen molar-refractivity contribution >= 4 is 7.48 Å². The third-order valence-electron chi connectivity index (χ3n) is 2.03. The first kappa shape index (κ1) is 11.7. The van der Waals surface area contributed by atoms with Crippen LogP contribution in [0.25, 0.3) is 0 Å². The van der Waals surface area contributed by atoms with Gasteiger partial charge in [-0.25, -0.2) is 0 Å². The van der Waals surface area contributed by atoms with Crippen molar-refractivity contribution in [2.45, 2.75) is 45.8 Å². The van der Waals surface area contributed by atoms with Gasteiger partial charge in [0.1, 0.15) is 0 Å². The van der Waals surface area contributed by atoms with Gasteiger partial charge in [-0.3, -0.25) is 0 Å². The first-order chi connectivity index (χ1) is 5.17. The van der Waals surface area contributed by atoms with E-state index in [1.54, 1.807) is 21.3 Å². The van der Waals surface area contributed by atoms with E-state index in [0.29, 0.717) is 0 Å². The number of hydrogen-bond donors (Lipinski definition) is 1. The van der Waals surface area contributed by atoms with Crippen LogP contribution in [0.2, 0.25) is 0 Å². The first-order valence-corrected chi connectivity index (χ1v) is 4.06. The average Bonchev–Trinajstić information content (AvgIpc) is 1.81. The predicted octanol–water partition coefficient (Wildman–Crippen LogP) is 1.71. The van der Waals surface area contributed by atoms with E-state index >= 15 is 0 Å². The maximum absolute atomic E-state index is 9.68. The molecule has 0 unspecified atom stereocenters. The summed E-state index contributed by atoms with van der Waals surface area (Å²) < 4.78 is 5.38. The zero-order chi connectivity index (χ0) is 9.99. The van der Waals surface area contributed by atoms with Crippen LogP contribution in [-0.4, -0.2) is 23.8 Å². The van der Waals surface area contributed by atoms with Crippen LogP contribution in [0.4, 0.5) is 0 Å². The van der Waals surface area contributed by atoms with Gasteiger partial charge >= 0.3 is 7.48 Å². The van der Waals surface area contributed by atoms with Crippen LogP contribution >= 0.6 is 0 Å². The largest absolute Gasteiger partial charge is 0.427 e. The second-order valence-corrected chi connectivity index (χ2v) is 4.15. The lowest BCUT2D eigenvalue weighted by atomic mass is 9.84. The summed E-state index contributed by atoms with van der Waals surface area (Å²) in [5.41, 5.74) is -0.613. The topological polar surface area (TPSA) is 29.5 Å². The molecular formula is C9H18BO2. The minimum Gasteiger partial charge on any atom is -0.427 e. The highest BCUT2D eigenvalue weighted by molar-refractivity contribution is 6.37. The van der Waals surface area contributed by atoms with Gasteiger partial charge in [0.05, 0.1) is 11.2 Å². The molecule has 69 valence electrons. The van der Waals surface area contributed by atoms with Crippen molar-refractivity contribution < 1.29 is 9.76 Å². The molecule has 3 heteroatoms. The minimum atomic E-state index is -0.862. The van der Waals surface area contributed by atoms with Crippen LogP contribution < -0.4 is 0 Å². The molecule has 12 heavy (non-hydrogen) atoms. The second kappa shape index (κ2) is 3.63. The summed E-state index contributed by atoms with van der Waals surface area (Å²) in [6, 6.07) is 0. The van der Waals surface area contributed by atoms with Crippen molar-refractivity contribution in [1.82, 2.24) is 0 Å². The van der Waals surface area contributed by atoms with Crippen LogP contribution in [0.15, 0.2) is 12.1 Å². The van der Waals surface area contributed by atoms with E-state index in [9.17, 15) is 5.11 Å². The molecule has 0 aliphatic heterocycles. The minimum absolute atomic E-state index is 0.591. The van der Waals surface area contributed by atoms with Crippen molar-refractivity contribution in [1.29, 1.82) is 0 Å². The Morgan fingerprint density at radius 2 is 1.75 bits per heavy atom. The maximum atomic E-state index is 9.68. The summed E-state index contributed by atoms with van der Waals surface area (Å²) in [7, 11) is 1.57. The van der Waals surface area contributed by atoms with Gasteiger partial charge < -0.3 is 9.76 Å². The fourth-order valence-corrected chi connectivity index (χ4v) is 0.392. The zero-order valence-electron chi connectivity index (χ0n) is 8.64. The third kappa shape index (κ3) is 3.41. The smallest absolute Gasteiger partial charge is 0.325 e. The zero-order valence-corrected chi connectivity index (χ0v) is 8.64. The van der Waals surface area contributed by atoms with E-state index in [4.69, 9.17) is 4.65 Å². The van der Waals surface area contributed by atoms with E-state index in [1.165, 1.54) is 0 Å². The second-order valence-electron chi connectivity index (χ2n) is 4.15. The third-order valence-corrected chi connectivity index (χ3v) is 2.03. The molecule has 0 saturated carbocycles. The SMILES string of the molecule is C=C(C)[B]OC(C)(C)C(C)(C)O. The van der Waals surface area contributed by atoms with Gasteiger partial charge in [0.25, 0.3) is 0 Å². The molecule has 0 spiro atoms. The molecule has 0 rings (SSSR count). The Balaban J connectivity index is 4.14. The molecule has 1 radical (unpaired) electrons. The lowest BCUT2D eigenvalue weighted by Crippen LogP contribution is -2.48. The molecule has 0 aromatic carbocycles. The molecule has 0 aromatic rings. The number of hydrogen-bond acceptors (Lipinski definition) is 2. The fourth-order valence-electron chi connectivity index (χ4n) is 0.392. The highest BCUT2D eigenvalue weighted by Crippen LogP contribution is 2.24. The van der Waals surface area contributed by atoms with Gasteiger partial charge in [-0.1, -0.05) is 12.4 Å². The normalized spacial score (nSPS) is 12.8. The molecule has 0 bridgehead atoms. The maximum Gasteiger partial charge on any atom is 0.325 e. The summed E-state index contributed by atoms with van der Waals surface area (Å²) in [5.74, 6) is 0. The van der Waals surface area contributed by atoms with Crippen LogP contribution in [0.1, 0.15) is 34.6 Å².